The lowest BCUT2D eigenvalue weighted by Crippen LogP contribution is -2.50. The number of rotatable bonds is 5. The van der Waals surface area contributed by atoms with Crippen molar-refractivity contribution in [2.24, 2.45) is 5.92 Å². The fraction of sp³-hybridized carbons (Fsp3) is 0.526. The Kier molecular flexibility index (Phi) is 5.50. The third kappa shape index (κ3) is 4.38. The Bertz CT molecular complexity index is 650. The molecule has 0 aliphatic carbocycles. The lowest BCUT2D eigenvalue weighted by atomic mass is 10.0. The largest absolute Gasteiger partial charge is 0.332 e. The molecule has 0 spiro atoms. The summed E-state index contributed by atoms with van der Waals surface area (Å²) in [5.41, 5.74) is 0.576. The van der Waals surface area contributed by atoms with Crippen molar-refractivity contribution in [1.29, 1.82) is 0 Å². The molecule has 1 atom stereocenters. The van der Waals surface area contributed by atoms with Crippen LogP contribution in [0.2, 0.25) is 0 Å². The van der Waals surface area contributed by atoms with Crippen molar-refractivity contribution >= 4 is 17.8 Å². The molecule has 136 valence electrons. The van der Waals surface area contributed by atoms with Gasteiger partial charge in [0.25, 0.3) is 5.91 Å². The highest BCUT2D eigenvalue weighted by Gasteiger charge is 2.41. The normalized spacial score (nSPS) is 17.8. The number of nitrogens with one attached hydrogen (secondary N) is 1. The zero-order chi connectivity index (χ0) is 18.8. The maximum atomic E-state index is 12.9. The molecule has 2 rings (SSSR count). The van der Waals surface area contributed by atoms with Crippen LogP contribution in [0.5, 0.6) is 0 Å². The van der Waals surface area contributed by atoms with E-state index in [1.54, 1.807) is 4.90 Å². The highest BCUT2D eigenvalue weighted by atomic mass is 16.2. The van der Waals surface area contributed by atoms with E-state index < -0.39 is 17.6 Å². The van der Waals surface area contributed by atoms with Crippen molar-refractivity contribution in [3.05, 3.63) is 35.9 Å². The molecular weight excluding hydrogens is 318 g/mol. The first-order valence-corrected chi connectivity index (χ1v) is 8.57. The average molecular weight is 345 g/mol. The minimum atomic E-state index is -0.558. The van der Waals surface area contributed by atoms with Crippen molar-refractivity contribution in [1.82, 2.24) is 15.1 Å². The van der Waals surface area contributed by atoms with Crippen LogP contribution in [-0.2, 0) is 16.1 Å². The second-order valence-electron chi connectivity index (χ2n) is 7.73. The van der Waals surface area contributed by atoms with Crippen molar-refractivity contribution in [3.63, 3.8) is 0 Å². The summed E-state index contributed by atoms with van der Waals surface area (Å²) >= 11 is 0. The van der Waals surface area contributed by atoms with Gasteiger partial charge in [-0.3, -0.25) is 14.5 Å². The molecule has 1 fully saturated rings. The zero-order valence-corrected chi connectivity index (χ0v) is 15.6. The summed E-state index contributed by atoms with van der Waals surface area (Å²) in [6, 6.07) is 8.62. The molecule has 1 aromatic rings. The van der Waals surface area contributed by atoms with Crippen molar-refractivity contribution in [2.45, 2.75) is 52.7 Å². The molecule has 1 heterocycles. The number of urea groups is 1. The number of carbonyl (C=O) groups is 3. The molecule has 0 aromatic heterocycles. The maximum absolute atomic E-state index is 12.9. The van der Waals surface area contributed by atoms with Crippen LogP contribution in [0.3, 0.4) is 0 Å². The molecule has 6 nitrogen and oxygen atoms in total. The summed E-state index contributed by atoms with van der Waals surface area (Å²) in [7, 11) is 0. The van der Waals surface area contributed by atoms with E-state index in [-0.39, 0.29) is 24.3 Å². The minimum Gasteiger partial charge on any atom is -0.332 e. The molecule has 6 heteroatoms. The van der Waals surface area contributed by atoms with Gasteiger partial charge in [-0.15, -0.1) is 0 Å². The van der Waals surface area contributed by atoms with E-state index in [1.165, 1.54) is 0 Å². The first-order valence-electron chi connectivity index (χ1n) is 8.57. The van der Waals surface area contributed by atoms with Gasteiger partial charge in [0.1, 0.15) is 12.6 Å². The number of amides is 4. The lowest BCUT2D eigenvalue weighted by molar-refractivity contribution is -0.141. The molecule has 1 aliphatic heterocycles. The SMILES string of the molecule is CC(C)C1NC(=O)N(CC(=O)N(Cc2ccccc2)C(C)(C)C)C1=O. The summed E-state index contributed by atoms with van der Waals surface area (Å²) in [5, 5.41) is 2.65. The highest BCUT2D eigenvalue weighted by molar-refractivity contribution is 6.06. The van der Waals surface area contributed by atoms with Crippen molar-refractivity contribution < 1.29 is 14.4 Å². The van der Waals surface area contributed by atoms with Crippen LogP contribution in [0.25, 0.3) is 0 Å². The fourth-order valence-corrected chi connectivity index (χ4v) is 2.83. The standard InChI is InChI=1S/C19H27N3O3/c1-13(2)16-17(24)21(18(25)20-16)12-15(23)22(19(3,4)5)11-14-9-7-6-8-10-14/h6-10,13,16H,11-12H2,1-5H3,(H,20,25). The first-order chi connectivity index (χ1) is 11.6. The van der Waals surface area contributed by atoms with E-state index in [1.807, 2.05) is 65.0 Å². The Hall–Kier alpha value is -2.37. The van der Waals surface area contributed by atoms with E-state index in [9.17, 15) is 14.4 Å². The summed E-state index contributed by atoms with van der Waals surface area (Å²) in [4.78, 5) is 40.1. The lowest BCUT2D eigenvalue weighted by Gasteiger charge is -2.36. The second kappa shape index (κ2) is 7.25. The highest BCUT2D eigenvalue weighted by Crippen LogP contribution is 2.20. The van der Waals surface area contributed by atoms with Gasteiger partial charge in [-0.2, -0.15) is 0 Å². The molecule has 4 amide bonds. The molecule has 1 aromatic carbocycles. The zero-order valence-electron chi connectivity index (χ0n) is 15.6. The third-order valence-corrected chi connectivity index (χ3v) is 4.31. The van der Waals surface area contributed by atoms with Crippen LogP contribution >= 0.6 is 0 Å². The van der Waals surface area contributed by atoms with Crippen LogP contribution in [0.4, 0.5) is 4.79 Å². The van der Waals surface area contributed by atoms with E-state index >= 15 is 0 Å². The Balaban J connectivity index is 2.15. The second-order valence-corrected chi connectivity index (χ2v) is 7.73. The van der Waals surface area contributed by atoms with Gasteiger partial charge in [0, 0.05) is 12.1 Å². The number of hydrogen-bond donors (Lipinski definition) is 1. The van der Waals surface area contributed by atoms with Crippen LogP contribution in [0.1, 0.15) is 40.2 Å². The van der Waals surface area contributed by atoms with Gasteiger partial charge < -0.3 is 10.2 Å². The predicted molar refractivity (Wildman–Crippen MR) is 95.6 cm³/mol. The summed E-state index contributed by atoms with van der Waals surface area (Å²) < 4.78 is 0. The molecule has 1 unspecified atom stereocenters. The van der Waals surface area contributed by atoms with E-state index in [0.29, 0.717) is 6.54 Å². The van der Waals surface area contributed by atoms with E-state index in [0.717, 1.165) is 10.5 Å². The van der Waals surface area contributed by atoms with Gasteiger partial charge >= 0.3 is 6.03 Å². The molecule has 0 bridgehead atoms. The Morgan fingerprint density at radius 1 is 1.20 bits per heavy atom. The van der Waals surface area contributed by atoms with Crippen LogP contribution in [0, 0.1) is 5.92 Å². The quantitative estimate of drug-likeness (QED) is 0.833. The van der Waals surface area contributed by atoms with Gasteiger partial charge in [-0.25, -0.2) is 4.79 Å². The summed E-state index contributed by atoms with van der Waals surface area (Å²) in [6.07, 6.45) is 0. The fourth-order valence-electron chi connectivity index (χ4n) is 2.83. The number of imide groups is 1. The number of nitrogens with zero attached hydrogens (tertiary/aromatic N) is 2. The molecule has 0 saturated carbocycles. The van der Waals surface area contributed by atoms with E-state index in [2.05, 4.69) is 5.32 Å². The Morgan fingerprint density at radius 2 is 1.80 bits per heavy atom. The van der Waals surface area contributed by atoms with Gasteiger partial charge in [-0.05, 0) is 32.3 Å². The molecule has 1 aliphatic rings. The van der Waals surface area contributed by atoms with Crippen LogP contribution < -0.4 is 5.32 Å². The predicted octanol–water partition coefficient (Wildman–Crippen LogP) is 2.39. The van der Waals surface area contributed by atoms with Gasteiger partial charge in [0.15, 0.2) is 0 Å². The number of carbonyl (C=O) groups excluding carboxylic acids is 3. The first kappa shape index (κ1) is 19.0. The smallest absolute Gasteiger partial charge is 0.325 e. The minimum absolute atomic E-state index is 0.0143. The summed E-state index contributed by atoms with van der Waals surface area (Å²) in [6.45, 7) is 9.75. The topological polar surface area (TPSA) is 69.7 Å². The van der Waals surface area contributed by atoms with Crippen molar-refractivity contribution in [3.8, 4) is 0 Å². The number of benzene rings is 1. The molecule has 1 N–H and O–H groups in total. The molecule has 25 heavy (non-hydrogen) atoms. The third-order valence-electron chi connectivity index (χ3n) is 4.31. The van der Waals surface area contributed by atoms with E-state index in [4.69, 9.17) is 0 Å². The molecular formula is C19H27N3O3. The number of hydrogen-bond acceptors (Lipinski definition) is 3. The average Bonchev–Trinajstić information content (AvgIpc) is 2.80. The van der Waals surface area contributed by atoms with Crippen molar-refractivity contribution in [2.75, 3.05) is 6.54 Å². The molecule has 1 saturated heterocycles. The monoisotopic (exact) mass is 345 g/mol. The maximum Gasteiger partial charge on any atom is 0.325 e. The Morgan fingerprint density at radius 3 is 2.28 bits per heavy atom. The van der Waals surface area contributed by atoms with Crippen LogP contribution in [0.15, 0.2) is 30.3 Å². The van der Waals surface area contributed by atoms with Crippen LogP contribution in [-0.4, -0.2) is 45.8 Å². The summed E-state index contributed by atoms with van der Waals surface area (Å²) in [5.74, 6) is -0.592. The van der Waals surface area contributed by atoms with Gasteiger partial charge in [0.2, 0.25) is 5.91 Å². The van der Waals surface area contributed by atoms with Gasteiger partial charge in [-0.1, -0.05) is 44.2 Å². The Labute approximate surface area is 149 Å². The van der Waals surface area contributed by atoms with Gasteiger partial charge in [0.05, 0.1) is 0 Å². The molecule has 0 radical (unpaired) electrons.